The molecule has 20 heavy (non-hydrogen) atoms. The fourth-order valence-electron chi connectivity index (χ4n) is 2.23. The van der Waals surface area contributed by atoms with E-state index in [0.29, 0.717) is 12.1 Å². The summed E-state index contributed by atoms with van der Waals surface area (Å²) in [7, 11) is -5.03. The zero-order valence-electron chi connectivity index (χ0n) is 11.1. The largest absolute Gasteiger partial charge is 0.390 e. The lowest BCUT2D eigenvalue weighted by atomic mass is 10.1. The number of aryl methyl sites for hydroxylation is 1. The first kappa shape index (κ1) is 15.5. The molecule has 7 nitrogen and oxygen atoms in total. The van der Waals surface area contributed by atoms with E-state index in [1.807, 2.05) is 0 Å². The topological polar surface area (TPSA) is 105 Å². The van der Waals surface area contributed by atoms with E-state index in [2.05, 4.69) is 4.72 Å². The number of rotatable bonds is 5. The molecule has 1 fully saturated rings. The lowest BCUT2D eigenvalue weighted by Crippen LogP contribution is -2.29. The summed E-state index contributed by atoms with van der Waals surface area (Å²) in [5.41, 5.74) is 0.494. The van der Waals surface area contributed by atoms with Gasteiger partial charge in [0.25, 0.3) is 0 Å². The molecule has 1 aromatic heterocycles. The number of aliphatic hydroxyl groups is 1. The number of nitrogens with one attached hydrogen (secondary N) is 1. The molecule has 0 amide bonds. The van der Waals surface area contributed by atoms with Crippen molar-refractivity contribution in [1.82, 2.24) is 9.29 Å². The van der Waals surface area contributed by atoms with Crippen LogP contribution in [-0.2, 0) is 33.5 Å². The Hall–Kier alpha value is -0.900. The van der Waals surface area contributed by atoms with Crippen molar-refractivity contribution in [3.05, 3.63) is 18.0 Å². The van der Waals surface area contributed by atoms with Gasteiger partial charge in [-0.25, -0.2) is 21.6 Å². The normalized spacial score (nSPS) is 22.2. The van der Waals surface area contributed by atoms with Crippen LogP contribution in [0.3, 0.4) is 0 Å². The zero-order chi connectivity index (χ0) is 15.0. The van der Waals surface area contributed by atoms with E-state index in [0.717, 1.165) is 0 Å². The van der Waals surface area contributed by atoms with Crippen LogP contribution in [0.2, 0.25) is 0 Å². The molecule has 1 aliphatic rings. The van der Waals surface area contributed by atoms with Crippen LogP contribution < -0.4 is 4.72 Å². The molecule has 0 bridgehead atoms. The first-order valence-corrected chi connectivity index (χ1v) is 9.50. The Morgan fingerprint density at radius 1 is 1.50 bits per heavy atom. The predicted octanol–water partition coefficient (Wildman–Crippen LogP) is -0.770. The Morgan fingerprint density at radius 3 is 2.70 bits per heavy atom. The fourth-order valence-corrected chi connectivity index (χ4v) is 5.30. The van der Waals surface area contributed by atoms with Crippen LogP contribution >= 0.6 is 0 Å². The van der Waals surface area contributed by atoms with E-state index in [4.69, 9.17) is 5.11 Å². The summed E-state index contributed by atoms with van der Waals surface area (Å²) in [5, 5.41) is 9.05. The fraction of sp³-hybridized carbons (Fsp3) is 0.636. The maximum atomic E-state index is 12.1. The summed E-state index contributed by atoms with van der Waals surface area (Å²) in [6, 6.07) is 1.40. The van der Waals surface area contributed by atoms with Gasteiger partial charge in [0.15, 0.2) is 9.84 Å². The molecule has 0 aliphatic carbocycles. The van der Waals surface area contributed by atoms with E-state index in [9.17, 15) is 16.8 Å². The monoisotopic (exact) mass is 322 g/mol. The van der Waals surface area contributed by atoms with Gasteiger partial charge in [0.2, 0.25) is 10.0 Å². The van der Waals surface area contributed by atoms with E-state index in [1.165, 1.54) is 16.8 Å². The second-order valence-electron chi connectivity index (χ2n) is 5.06. The molecule has 9 heteroatoms. The third-order valence-electron chi connectivity index (χ3n) is 3.44. The molecular weight excluding hydrogens is 304 g/mol. The summed E-state index contributed by atoms with van der Waals surface area (Å²) in [6.07, 6.45) is 1.90. The summed E-state index contributed by atoms with van der Waals surface area (Å²) in [6.45, 7) is -0.127. The number of sulfone groups is 1. The van der Waals surface area contributed by atoms with Gasteiger partial charge in [-0.3, -0.25) is 0 Å². The molecule has 1 saturated heterocycles. The minimum absolute atomic E-state index is 0.0339. The molecular formula is C11H18N2O5S2. The van der Waals surface area contributed by atoms with Crippen LogP contribution in [0.5, 0.6) is 0 Å². The number of nitrogens with zero attached hydrogens (tertiary/aromatic N) is 1. The van der Waals surface area contributed by atoms with Crippen LogP contribution in [-0.4, -0.2) is 44.6 Å². The van der Waals surface area contributed by atoms with Crippen molar-refractivity contribution in [1.29, 1.82) is 0 Å². The van der Waals surface area contributed by atoms with E-state index < -0.39 is 19.9 Å². The molecule has 1 aliphatic heterocycles. The van der Waals surface area contributed by atoms with Gasteiger partial charge in [-0.05, 0) is 18.4 Å². The minimum Gasteiger partial charge on any atom is -0.390 e. The Labute approximate surface area is 118 Å². The molecule has 0 spiro atoms. The van der Waals surface area contributed by atoms with Gasteiger partial charge in [-0.15, -0.1) is 0 Å². The number of aliphatic hydroxyl groups excluding tert-OH is 1. The lowest BCUT2D eigenvalue weighted by Gasteiger charge is -2.09. The molecule has 2 rings (SSSR count). The van der Waals surface area contributed by atoms with Gasteiger partial charge in [0, 0.05) is 25.5 Å². The van der Waals surface area contributed by atoms with Crippen LogP contribution in [0.15, 0.2) is 17.2 Å². The summed E-state index contributed by atoms with van der Waals surface area (Å²) < 4.78 is 50.7. The number of sulfonamides is 1. The first-order chi connectivity index (χ1) is 9.23. The van der Waals surface area contributed by atoms with Crippen molar-refractivity contribution in [3.63, 3.8) is 0 Å². The maximum absolute atomic E-state index is 12.1. The maximum Gasteiger partial charge on any atom is 0.242 e. The third kappa shape index (κ3) is 3.40. The smallest absolute Gasteiger partial charge is 0.242 e. The van der Waals surface area contributed by atoms with Crippen LogP contribution in [0.1, 0.15) is 12.1 Å². The van der Waals surface area contributed by atoms with Crippen LogP contribution in [0.4, 0.5) is 0 Å². The molecule has 1 aromatic rings. The van der Waals surface area contributed by atoms with Gasteiger partial charge in [-0.2, -0.15) is 0 Å². The Kier molecular flexibility index (Phi) is 4.24. The highest BCUT2D eigenvalue weighted by Crippen LogP contribution is 2.19. The molecule has 2 N–H and O–H groups in total. The molecule has 114 valence electrons. The third-order valence-corrected chi connectivity index (χ3v) is 6.67. The van der Waals surface area contributed by atoms with Crippen molar-refractivity contribution >= 4 is 19.9 Å². The van der Waals surface area contributed by atoms with Crippen molar-refractivity contribution in [2.24, 2.45) is 13.0 Å². The van der Waals surface area contributed by atoms with E-state index >= 15 is 0 Å². The summed E-state index contributed by atoms with van der Waals surface area (Å²) in [4.78, 5) is 0.0740. The molecule has 1 atom stereocenters. The van der Waals surface area contributed by atoms with Gasteiger partial charge < -0.3 is 9.67 Å². The standard InChI is InChI=1S/C11H18N2O5S2/c1-13-6-11(4-10(13)7-14)20(17,18)12-5-9-2-3-19(15,16)8-9/h4,6,9,12,14H,2-3,5,7-8H2,1H3. The number of hydrogen-bond acceptors (Lipinski definition) is 5. The number of hydrogen-bond donors (Lipinski definition) is 2. The second kappa shape index (κ2) is 5.47. The quantitative estimate of drug-likeness (QED) is 0.740. The van der Waals surface area contributed by atoms with Crippen molar-refractivity contribution in [2.75, 3.05) is 18.1 Å². The summed E-state index contributed by atoms with van der Waals surface area (Å²) in [5.74, 6) is -0.0122. The highest BCUT2D eigenvalue weighted by molar-refractivity contribution is 7.91. The number of aromatic nitrogens is 1. The van der Waals surface area contributed by atoms with Crippen molar-refractivity contribution in [2.45, 2.75) is 17.9 Å². The predicted molar refractivity (Wildman–Crippen MR) is 73.3 cm³/mol. The summed E-state index contributed by atoms with van der Waals surface area (Å²) >= 11 is 0. The van der Waals surface area contributed by atoms with Crippen molar-refractivity contribution in [3.8, 4) is 0 Å². The van der Waals surface area contributed by atoms with E-state index in [-0.39, 0.29) is 35.5 Å². The van der Waals surface area contributed by atoms with Crippen molar-refractivity contribution < 1.29 is 21.9 Å². The second-order valence-corrected chi connectivity index (χ2v) is 9.05. The molecule has 2 heterocycles. The Morgan fingerprint density at radius 2 is 2.20 bits per heavy atom. The first-order valence-electron chi connectivity index (χ1n) is 6.20. The Bertz CT molecular complexity index is 690. The van der Waals surface area contributed by atoms with Gasteiger partial charge in [-0.1, -0.05) is 0 Å². The van der Waals surface area contributed by atoms with E-state index in [1.54, 1.807) is 7.05 Å². The molecule has 1 unspecified atom stereocenters. The van der Waals surface area contributed by atoms with Crippen LogP contribution in [0, 0.1) is 5.92 Å². The van der Waals surface area contributed by atoms with Crippen LogP contribution in [0.25, 0.3) is 0 Å². The average molecular weight is 322 g/mol. The van der Waals surface area contributed by atoms with Gasteiger partial charge in [0.1, 0.15) is 0 Å². The SMILES string of the molecule is Cn1cc(S(=O)(=O)NCC2CCS(=O)(=O)C2)cc1CO. The minimum atomic E-state index is -3.67. The highest BCUT2D eigenvalue weighted by Gasteiger charge is 2.29. The van der Waals surface area contributed by atoms with Gasteiger partial charge in [0.05, 0.1) is 23.0 Å². The average Bonchev–Trinajstić information content (AvgIpc) is 2.90. The zero-order valence-corrected chi connectivity index (χ0v) is 12.7. The Balaban J connectivity index is 2.04. The molecule has 0 aromatic carbocycles. The lowest BCUT2D eigenvalue weighted by molar-refractivity contribution is 0.272. The van der Waals surface area contributed by atoms with Gasteiger partial charge >= 0.3 is 0 Å². The molecule has 0 saturated carbocycles. The highest BCUT2D eigenvalue weighted by atomic mass is 32.2. The molecule has 0 radical (unpaired) electrons.